The highest BCUT2D eigenvalue weighted by Gasteiger charge is 2.24. The first-order chi connectivity index (χ1) is 16.7. The molecule has 174 valence electrons. The molecule has 0 bridgehead atoms. The van der Waals surface area contributed by atoms with Crippen molar-refractivity contribution in [3.05, 3.63) is 114 Å². The van der Waals surface area contributed by atoms with Gasteiger partial charge in [0, 0.05) is 30.0 Å². The largest absolute Gasteiger partial charge is 0.464 e. The van der Waals surface area contributed by atoms with Crippen molar-refractivity contribution in [1.29, 1.82) is 0 Å². The summed E-state index contributed by atoms with van der Waals surface area (Å²) in [6.45, 7) is 2.74. The molecule has 3 nitrogen and oxygen atoms in total. The van der Waals surface area contributed by atoms with E-state index in [-0.39, 0.29) is 11.7 Å². The topological polar surface area (TPSA) is 36.6 Å². The molecule has 0 saturated carbocycles. The number of benzene rings is 3. The number of hydrogen-bond donors (Lipinski definition) is 1. The fourth-order valence-electron chi connectivity index (χ4n) is 5.08. The minimum absolute atomic E-state index is 0.0187. The molecule has 4 heteroatoms. The van der Waals surface area contributed by atoms with E-state index in [1.165, 1.54) is 6.07 Å². The zero-order valence-corrected chi connectivity index (χ0v) is 19.2. The third-order valence-electron chi connectivity index (χ3n) is 6.90. The first-order valence-electron chi connectivity index (χ1n) is 12.1. The van der Waals surface area contributed by atoms with Crippen LogP contribution in [0.15, 0.2) is 95.6 Å². The SMILES string of the molecule is OC(c1ccccc1)C(CCN1CCC=C(c2cc(F)cc3ccoc23)CC1)c1ccccc1. The summed E-state index contributed by atoms with van der Waals surface area (Å²) < 4.78 is 19.9. The molecular weight excluding hydrogens is 425 g/mol. The summed E-state index contributed by atoms with van der Waals surface area (Å²) in [5.41, 5.74) is 4.88. The lowest BCUT2D eigenvalue weighted by atomic mass is 9.86. The van der Waals surface area contributed by atoms with Crippen molar-refractivity contribution < 1.29 is 13.9 Å². The van der Waals surface area contributed by atoms with Gasteiger partial charge in [-0.05, 0) is 60.7 Å². The van der Waals surface area contributed by atoms with Crippen molar-refractivity contribution in [2.45, 2.75) is 31.3 Å². The second kappa shape index (κ2) is 10.4. The molecule has 1 aromatic heterocycles. The van der Waals surface area contributed by atoms with E-state index in [4.69, 9.17) is 4.42 Å². The Balaban J connectivity index is 1.28. The van der Waals surface area contributed by atoms with E-state index in [1.54, 1.807) is 12.3 Å². The highest BCUT2D eigenvalue weighted by molar-refractivity contribution is 5.90. The number of halogens is 1. The molecule has 3 aromatic carbocycles. The van der Waals surface area contributed by atoms with E-state index in [0.29, 0.717) is 0 Å². The van der Waals surface area contributed by atoms with Crippen LogP contribution in [0.25, 0.3) is 16.5 Å². The van der Waals surface area contributed by atoms with Crippen LogP contribution in [-0.4, -0.2) is 29.6 Å². The summed E-state index contributed by atoms with van der Waals surface area (Å²) in [6.07, 6.45) is 5.91. The average Bonchev–Trinajstić information content (AvgIpc) is 3.22. The van der Waals surface area contributed by atoms with Crippen LogP contribution in [0.3, 0.4) is 0 Å². The van der Waals surface area contributed by atoms with Crippen LogP contribution in [0.5, 0.6) is 0 Å². The van der Waals surface area contributed by atoms with Gasteiger partial charge in [-0.25, -0.2) is 4.39 Å². The summed E-state index contributed by atoms with van der Waals surface area (Å²) >= 11 is 0. The van der Waals surface area contributed by atoms with Crippen LogP contribution in [0.1, 0.15) is 48.0 Å². The molecule has 0 radical (unpaired) electrons. The molecule has 0 saturated heterocycles. The van der Waals surface area contributed by atoms with Gasteiger partial charge in [-0.2, -0.15) is 0 Å². The lowest BCUT2D eigenvalue weighted by molar-refractivity contribution is 0.131. The fraction of sp³-hybridized carbons (Fsp3) is 0.267. The van der Waals surface area contributed by atoms with E-state index in [1.807, 2.05) is 54.6 Å². The van der Waals surface area contributed by atoms with Crippen LogP contribution in [-0.2, 0) is 0 Å². The molecular formula is C30H30FNO2. The van der Waals surface area contributed by atoms with Gasteiger partial charge < -0.3 is 14.4 Å². The van der Waals surface area contributed by atoms with Gasteiger partial charge in [0.1, 0.15) is 11.4 Å². The van der Waals surface area contributed by atoms with Crippen LogP contribution in [0.4, 0.5) is 4.39 Å². The van der Waals surface area contributed by atoms with Crippen LogP contribution in [0, 0.1) is 5.82 Å². The van der Waals surface area contributed by atoms with Crippen LogP contribution < -0.4 is 0 Å². The van der Waals surface area contributed by atoms with Crippen molar-refractivity contribution in [2.24, 2.45) is 0 Å². The van der Waals surface area contributed by atoms with Gasteiger partial charge in [0.05, 0.1) is 12.4 Å². The van der Waals surface area contributed by atoms with Gasteiger partial charge in [0.15, 0.2) is 0 Å². The monoisotopic (exact) mass is 455 g/mol. The third kappa shape index (κ3) is 4.98. The highest BCUT2D eigenvalue weighted by Crippen LogP contribution is 2.35. The molecule has 1 aliphatic rings. The van der Waals surface area contributed by atoms with Crippen molar-refractivity contribution in [3.8, 4) is 0 Å². The molecule has 1 N–H and O–H groups in total. The Hall–Kier alpha value is -3.21. The van der Waals surface area contributed by atoms with Crippen molar-refractivity contribution in [2.75, 3.05) is 19.6 Å². The molecule has 0 spiro atoms. The Labute approximate surface area is 200 Å². The summed E-state index contributed by atoms with van der Waals surface area (Å²) in [5.74, 6) is -0.211. The quantitative estimate of drug-likeness (QED) is 0.327. The average molecular weight is 456 g/mol. The van der Waals surface area contributed by atoms with Crippen molar-refractivity contribution >= 4 is 16.5 Å². The smallest absolute Gasteiger partial charge is 0.141 e. The van der Waals surface area contributed by atoms with E-state index < -0.39 is 6.10 Å². The van der Waals surface area contributed by atoms with Gasteiger partial charge in [-0.3, -0.25) is 0 Å². The number of aliphatic hydroxyl groups excluding tert-OH is 1. The molecule has 5 rings (SSSR count). The molecule has 0 amide bonds. The summed E-state index contributed by atoms with van der Waals surface area (Å²) in [4.78, 5) is 2.45. The number of rotatable bonds is 7. The van der Waals surface area contributed by atoms with Gasteiger partial charge in [-0.1, -0.05) is 66.7 Å². The van der Waals surface area contributed by atoms with E-state index in [0.717, 1.165) is 72.1 Å². The van der Waals surface area contributed by atoms with Crippen LogP contribution >= 0.6 is 0 Å². The summed E-state index contributed by atoms with van der Waals surface area (Å²) in [5, 5.41) is 12.0. The Morgan fingerprint density at radius 1 is 0.912 bits per heavy atom. The van der Waals surface area contributed by atoms with Gasteiger partial charge in [-0.15, -0.1) is 0 Å². The van der Waals surface area contributed by atoms with Crippen molar-refractivity contribution in [1.82, 2.24) is 4.90 Å². The van der Waals surface area contributed by atoms with E-state index in [2.05, 4.69) is 23.1 Å². The molecule has 0 fully saturated rings. The molecule has 2 atom stereocenters. The fourth-order valence-corrected chi connectivity index (χ4v) is 5.08. The summed E-state index contributed by atoms with van der Waals surface area (Å²) in [6, 6.07) is 25.2. The Bertz CT molecular complexity index is 1250. The van der Waals surface area contributed by atoms with E-state index in [9.17, 15) is 9.50 Å². The zero-order valence-electron chi connectivity index (χ0n) is 19.2. The predicted molar refractivity (Wildman–Crippen MR) is 135 cm³/mol. The lowest BCUT2D eigenvalue weighted by Gasteiger charge is -2.27. The number of aliphatic hydroxyl groups is 1. The second-order valence-corrected chi connectivity index (χ2v) is 9.06. The molecule has 0 aliphatic carbocycles. The van der Waals surface area contributed by atoms with Gasteiger partial charge >= 0.3 is 0 Å². The van der Waals surface area contributed by atoms with Crippen LogP contribution in [0.2, 0.25) is 0 Å². The maximum absolute atomic E-state index is 14.2. The highest BCUT2D eigenvalue weighted by atomic mass is 19.1. The minimum Gasteiger partial charge on any atom is -0.464 e. The molecule has 2 heterocycles. The number of furan rings is 1. The predicted octanol–water partition coefficient (Wildman–Crippen LogP) is 6.96. The van der Waals surface area contributed by atoms with Gasteiger partial charge in [0.25, 0.3) is 0 Å². The lowest BCUT2D eigenvalue weighted by Crippen LogP contribution is -2.28. The number of fused-ring (bicyclic) bond motifs is 1. The number of hydrogen-bond acceptors (Lipinski definition) is 3. The minimum atomic E-state index is -0.552. The zero-order chi connectivity index (χ0) is 23.3. The number of nitrogens with zero attached hydrogens (tertiary/aromatic N) is 1. The maximum Gasteiger partial charge on any atom is 0.141 e. The normalized spacial score (nSPS) is 16.7. The Morgan fingerprint density at radius 3 is 2.41 bits per heavy atom. The molecule has 1 aliphatic heterocycles. The summed E-state index contributed by atoms with van der Waals surface area (Å²) in [7, 11) is 0. The third-order valence-corrected chi connectivity index (χ3v) is 6.90. The second-order valence-electron chi connectivity index (χ2n) is 9.06. The standard InChI is InChI=1S/C30H30FNO2/c31-26-20-25-15-19-34-30(25)28(21-26)23-12-7-16-32(17-13-23)18-14-27(22-8-3-1-4-9-22)29(33)24-10-5-2-6-11-24/h1-6,8-12,15,19-21,27,29,33H,7,13-14,16-18H2. The first-order valence-corrected chi connectivity index (χ1v) is 12.1. The maximum atomic E-state index is 14.2. The van der Waals surface area contributed by atoms with Gasteiger partial charge in [0.2, 0.25) is 0 Å². The molecule has 2 unspecified atom stereocenters. The molecule has 34 heavy (non-hydrogen) atoms. The molecule has 4 aromatic rings. The van der Waals surface area contributed by atoms with Crippen molar-refractivity contribution in [3.63, 3.8) is 0 Å². The Kier molecular flexibility index (Phi) is 6.89. The Morgan fingerprint density at radius 2 is 1.65 bits per heavy atom. The first kappa shape index (κ1) is 22.6. The van der Waals surface area contributed by atoms with E-state index >= 15 is 0 Å².